The minimum Gasteiger partial charge on any atom is -0.486 e. The van der Waals surface area contributed by atoms with Gasteiger partial charge < -0.3 is 15.3 Å². The van der Waals surface area contributed by atoms with Crippen LogP contribution in [0.1, 0.15) is 15.9 Å². The number of fused-ring (bicyclic) bond motifs is 1. The number of anilines is 1. The lowest BCUT2D eigenvalue weighted by Crippen LogP contribution is -2.36. The molecule has 0 saturated heterocycles. The number of nitrogens with zero attached hydrogens (tertiary/aromatic N) is 2. The van der Waals surface area contributed by atoms with Crippen molar-refractivity contribution >= 4 is 28.4 Å². The minimum atomic E-state index is -0.0783. The zero-order valence-corrected chi connectivity index (χ0v) is 15.2. The van der Waals surface area contributed by atoms with Crippen LogP contribution in [-0.4, -0.2) is 29.9 Å². The first-order chi connectivity index (χ1) is 12.6. The quantitative estimate of drug-likeness (QED) is 0.279. The monoisotopic (exact) mass is 372 g/mol. The number of nitrogens with two attached hydrogens (primary N) is 2. The summed E-state index contributed by atoms with van der Waals surface area (Å²) in [7, 11) is 0. The van der Waals surface area contributed by atoms with Crippen molar-refractivity contribution in [3.63, 3.8) is 0 Å². The fraction of sp³-hybridized carbons (Fsp3) is 0.222. The molecule has 0 spiro atoms. The molecule has 1 heterocycles. The third kappa shape index (κ3) is 4.09. The molecule has 0 bridgehead atoms. The van der Waals surface area contributed by atoms with E-state index in [1.807, 2.05) is 31.2 Å². The van der Waals surface area contributed by atoms with Crippen LogP contribution in [0.15, 0.2) is 47.6 Å². The largest absolute Gasteiger partial charge is 0.486 e. The Kier molecular flexibility index (Phi) is 5.65. The summed E-state index contributed by atoms with van der Waals surface area (Å²) in [5.41, 5.74) is 2.39. The van der Waals surface area contributed by atoms with Gasteiger partial charge in [-0.2, -0.15) is 5.10 Å². The van der Waals surface area contributed by atoms with E-state index < -0.39 is 0 Å². The highest BCUT2D eigenvalue weighted by atomic mass is 32.2. The molecule has 8 heteroatoms. The Labute approximate surface area is 155 Å². The Balaban J connectivity index is 1.65. The van der Waals surface area contributed by atoms with Gasteiger partial charge in [-0.05, 0) is 37.3 Å². The van der Waals surface area contributed by atoms with E-state index in [0.29, 0.717) is 35.4 Å². The fourth-order valence-electron chi connectivity index (χ4n) is 2.42. The Morgan fingerprint density at radius 3 is 2.54 bits per heavy atom. The zero-order chi connectivity index (χ0) is 18.5. The van der Waals surface area contributed by atoms with Gasteiger partial charge in [0.2, 0.25) is 5.17 Å². The molecule has 0 aliphatic carbocycles. The van der Waals surface area contributed by atoms with E-state index in [-0.39, 0.29) is 11.5 Å². The van der Waals surface area contributed by atoms with Crippen LogP contribution in [0.5, 0.6) is 11.5 Å². The van der Waals surface area contributed by atoms with Gasteiger partial charge in [0.1, 0.15) is 13.2 Å². The predicted octanol–water partition coefficient (Wildman–Crippen LogP) is 2.29. The molecule has 0 unspecified atom stereocenters. The van der Waals surface area contributed by atoms with Gasteiger partial charge in [0.05, 0.1) is 11.4 Å². The molecular formula is C18H20N4O3S. The Bertz CT molecular complexity index is 824. The highest BCUT2D eigenvalue weighted by molar-refractivity contribution is 8.14. The molecule has 0 saturated carbocycles. The summed E-state index contributed by atoms with van der Waals surface area (Å²) in [6.45, 7) is 2.98. The number of carbonyl (C=O) groups excluding carboxylic acids is 1. The Morgan fingerprint density at radius 1 is 1.15 bits per heavy atom. The van der Waals surface area contributed by atoms with Crippen LogP contribution < -0.4 is 26.2 Å². The van der Waals surface area contributed by atoms with Crippen molar-refractivity contribution in [3.05, 3.63) is 53.6 Å². The van der Waals surface area contributed by atoms with E-state index in [0.717, 1.165) is 11.3 Å². The maximum atomic E-state index is 12.5. The van der Waals surface area contributed by atoms with Crippen molar-refractivity contribution in [3.8, 4) is 11.5 Å². The molecule has 0 amide bonds. The lowest BCUT2D eigenvalue weighted by atomic mass is 10.1. The molecule has 0 radical (unpaired) electrons. The van der Waals surface area contributed by atoms with Crippen LogP contribution in [0.4, 0.5) is 5.69 Å². The smallest absolute Gasteiger partial charge is 0.201 e. The van der Waals surface area contributed by atoms with Crippen LogP contribution in [0.25, 0.3) is 0 Å². The first-order valence-corrected chi connectivity index (χ1v) is 9.02. The summed E-state index contributed by atoms with van der Waals surface area (Å²) in [4.78, 5) is 12.5. The van der Waals surface area contributed by atoms with E-state index in [1.165, 1.54) is 16.8 Å². The van der Waals surface area contributed by atoms with Gasteiger partial charge in [0.25, 0.3) is 0 Å². The number of benzene rings is 2. The van der Waals surface area contributed by atoms with Gasteiger partial charge >= 0.3 is 0 Å². The first kappa shape index (κ1) is 18.1. The summed E-state index contributed by atoms with van der Waals surface area (Å²) < 4.78 is 11.0. The molecule has 2 aromatic carbocycles. The van der Waals surface area contributed by atoms with Crippen molar-refractivity contribution < 1.29 is 14.3 Å². The van der Waals surface area contributed by atoms with Crippen molar-refractivity contribution in [2.24, 2.45) is 16.8 Å². The van der Waals surface area contributed by atoms with Gasteiger partial charge in [-0.25, -0.2) is 5.84 Å². The Hall–Kier alpha value is -2.71. The number of ketones is 1. The third-order valence-electron chi connectivity index (χ3n) is 3.83. The van der Waals surface area contributed by atoms with Crippen molar-refractivity contribution in [2.75, 3.05) is 24.0 Å². The van der Waals surface area contributed by atoms with Crippen molar-refractivity contribution in [2.45, 2.75) is 6.92 Å². The van der Waals surface area contributed by atoms with E-state index in [1.54, 1.807) is 18.2 Å². The summed E-state index contributed by atoms with van der Waals surface area (Å²) in [6, 6.07) is 12.8. The number of aryl methyl sites for hydroxylation is 1. The number of thioether (sulfide) groups is 1. The van der Waals surface area contributed by atoms with Gasteiger partial charge in [0, 0.05) is 5.56 Å². The molecule has 0 atom stereocenters. The molecule has 1 aliphatic heterocycles. The number of hydrazone groups is 1. The second kappa shape index (κ2) is 8.11. The normalized spacial score (nSPS) is 13.4. The summed E-state index contributed by atoms with van der Waals surface area (Å²) in [6.07, 6.45) is 0. The number of hydrogen-bond donors (Lipinski definition) is 2. The average molecular weight is 372 g/mol. The summed E-state index contributed by atoms with van der Waals surface area (Å²) in [5, 5.41) is 5.42. The standard InChI is InChI=1S/C18H20N4O3S/c1-12-2-5-14(6-3-12)22(20)18(21-19)26-11-15(23)13-4-7-16-17(10-13)25-9-8-24-16/h2-7,10H,8-9,11,19-20H2,1H3/b21-18+. The van der Waals surface area contributed by atoms with Crippen LogP contribution in [-0.2, 0) is 0 Å². The number of ether oxygens (including phenoxy) is 2. The highest BCUT2D eigenvalue weighted by Gasteiger charge is 2.17. The molecule has 7 nitrogen and oxygen atoms in total. The summed E-state index contributed by atoms with van der Waals surface area (Å²) >= 11 is 1.17. The number of rotatable bonds is 4. The predicted molar refractivity (Wildman–Crippen MR) is 104 cm³/mol. The van der Waals surface area contributed by atoms with Crippen LogP contribution in [0.2, 0.25) is 0 Å². The molecule has 0 aromatic heterocycles. The van der Waals surface area contributed by atoms with Gasteiger partial charge in [-0.1, -0.05) is 29.5 Å². The maximum Gasteiger partial charge on any atom is 0.201 e. The van der Waals surface area contributed by atoms with Crippen LogP contribution in [0.3, 0.4) is 0 Å². The average Bonchev–Trinajstić information content (AvgIpc) is 2.68. The first-order valence-electron chi connectivity index (χ1n) is 8.03. The van der Waals surface area contributed by atoms with Crippen LogP contribution >= 0.6 is 11.8 Å². The Morgan fingerprint density at radius 2 is 1.85 bits per heavy atom. The number of hydrogen-bond acceptors (Lipinski definition) is 7. The molecule has 0 fully saturated rings. The lowest BCUT2D eigenvalue weighted by Gasteiger charge is -2.20. The van der Waals surface area contributed by atoms with E-state index in [2.05, 4.69) is 5.10 Å². The topological polar surface area (TPSA) is 103 Å². The van der Waals surface area contributed by atoms with Crippen molar-refractivity contribution in [1.82, 2.24) is 0 Å². The molecule has 26 heavy (non-hydrogen) atoms. The number of amidine groups is 1. The van der Waals surface area contributed by atoms with Gasteiger partial charge in [-0.3, -0.25) is 9.80 Å². The molecule has 2 aromatic rings. The second-order valence-electron chi connectivity index (χ2n) is 5.69. The number of carbonyl (C=O) groups is 1. The fourth-order valence-corrected chi connectivity index (χ4v) is 3.16. The van der Waals surface area contributed by atoms with Gasteiger partial charge in [-0.15, -0.1) is 0 Å². The zero-order valence-electron chi connectivity index (χ0n) is 14.3. The van der Waals surface area contributed by atoms with E-state index >= 15 is 0 Å². The van der Waals surface area contributed by atoms with E-state index in [9.17, 15) is 4.79 Å². The maximum absolute atomic E-state index is 12.5. The highest BCUT2D eigenvalue weighted by Crippen LogP contribution is 2.31. The van der Waals surface area contributed by atoms with Crippen molar-refractivity contribution in [1.29, 1.82) is 0 Å². The summed E-state index contributed by atoms with van der Waals surface area (Å²) in [5.74, 6) is 12.8. The SMILES string of the molecule is Cc1ccc(N(N)/C(=N\N)SCC(=O)c2ccc3c(c2)OCCO3)cc1. The van der Waals surface area contributed by atoms with E-state index in [4.69, 9.17) is 21.2 Å². The lowest BCUT2D eigenvalue weighted by molar-refractivity contribution is 0.102. The number of hydrazine groups is 1. The van der Waals surface area contributed by atoms with Crippen LogP contribution in [0, 0.1) is 6.92 Å². The number of Topliss-reactive ketones (excluding diaryl/α,β-unsaturated/α-hetero) is 1. The second-order valence-corrected chi connectivity index (χ2v) is 6.63. The molecule has 1 aliphatic rings. The van der Waals surface area contributed by atoms with Gasteiger partial charge in [0.15, 0.2) is 17.3 Å². The molecular weight excluding hydrogens is 352 g/mol. The minimum absolute atomic E-state index is 0.0783. The third-order valence-corrected chi connectivity index (χ3v) is 4.79. The molecule has 3 rings (SSSR count). The molecule has 136 valence electrons. The molecule has 4 N–H and O–H groups in total.